The molecule has 0 bridgehead atoms. The number of methoxy groups -OCH3 is 1. The fourth-order valence-corrected chi connectivity index (χ4v) is 2.65. The zero-order chi connectivity index (χ0) is 17.1. The molecule has 0 aliphatic heterocycles. The molecule has 3 aromatic rings. The summed E-state index contributed by atoms with van der Waals surface area (Å²) in [4.78, 5) is 11.4. The Morgan fingerprint density at radius 2 is 2.04 bits per heavy atom. The molecule has 0 radical (unpaired) electrons. The molecular formula is C19H15NO4. The molecule has 0 aliphatic rings. The van der Waals surface area contributed by atoms with Crippen molar-refractivity contribution in [2.24, 2.45) is 0 Å². The first-order valence-electron chi connectivity index (χ1n) is 7.43. The Kier molecular flexibility index (Phi) is 4.21. The first kappa shape index (κ1) is 15.6. The van der Waals surface area contributed by atoms with E-state index in [0.717, 1.165) is 22.3 Å². The van der Waals surface area contributed by atoms with Gasteiger partial charge in [-0.25, -0.2) is 4.79 Å². The standard InChI is InChI=1S/C19H15NO4/c1-23-15-5-3-13(17(10-15)19(21)22)4-6-16-9-14-8-12(11-20)2-7-18(14)24-16/h2-3,5,7-10H,4,6H2,1H3,(H,21,22). The van der Waals surface area contributed by atoms with E-state index in [-0.39, 0.29) is 5.56 Å². The Morgan fingerprint density at radius 1 is 1.21 bits per heavy atom. The average Bonchev–Trinajstić information content (AvgIpc) is 3.01. The van der Waals surface area contributed by atoms with Gasteiger partial charge in [0.2, 0.25) is 0 Å². The molecule has 1 heterocycles. The summed E-state index contributed by atoms with van der Waals surface area (Å²) < 4.78 is 10.8. The molecule has 0 spiro atoms. The molecule has 1 N–H and O–H groups in total. The lowest BCUT2D eigenvalue weighted by Gasteiger charge is -2.07. The molecule has 0 amide bonds. The highest BCUT2D eigenvalue weighted by Crippen LogP contribution is 2.23. The molecule has 0 fully saturated rings. The van der Waals surface area contributed by atoms with E-state index in [1.807, 2.05) is 6.07 Å². The molecule has 24 heavy (non-hydrogen) atoms. The first-order valence-corrected chi connectivity index (χ1v) is 7.43. The molecule has 1 aromatic heterocycles. The maximum absolute atomic E-state index is 11.4. The summed E-state index contributed by atoms with van der Waals surface area (Å²) in [5.41, 5.74) is 2.26. The predicted octanol–water partition coefficient (Wildman–Crippen LogP) is 3.80. The van der Waals surface area contributed by atoms with Crippen LogP contribution in [0, 0.1) is 11.3 Å². The van der Waals surface area contributed by atoms with Crippen molar-refractivity contribution in [3.63, 3.8) is 0 Å². The second-order valence-corrected chi connectivity index (χ2v) is 5.41. The van der Waals surface area contributed by atoms with Crippen LogP contribution in [0.15, 0.2) is 46.9 Å². The number of benzene rings is 2. The van der Waals surface area contributed by atoms with Crippen molar-refractivity contribution in [2.75, 3.05) is 7.11 Å². The third-order valence-electron chi connectivity index (χ3n) is 3.88. The Bertz CT molecular complexity index is 950. The molecule has 2 aromatic carbocycles. The molecule has 0 saturated carbocycles. The van der Waals surface area contributed by atoms with E-state index in [1.165, 1.54) is 13.2 Å². The Balaban J connectivity index is 1.83. The largest absolute Gasteiger partial charge is 0.497 e. The van der Waals surface area contributed by atoms with Gasteiger partial charge in [-0.2, -0.15) is 5.26 Å². The number of furan rings is 1. The van der Waals surface area contributed by atoms with Crippen LogP contribution in [-0.2, 0) is 12.8 Å². The number of hydrogen-bond acceptors (Lipinski definition) is 4. The van der Waals surface area contributed by atoms with Crippen LogP contribution in [-0.4, -0.2) is 18.2 Å². The van der Waals surface area contributed by atoms with Gasteiger partial charge >= 0.3 is 5.97 Å². The molecule has 0 saturated heterocycles. The maximum Gasteiger partial charge on any atom is 0.336 e. The van der Waals surface area contributed by atoms with E-state index in [9.17, 15) is 9.90 Å². The lowest BCUT2D eigenvalue weighted by molar-refractivity contribution is 0.0695. The number of carbonyl (C=O) groups is 1. The average molecular weight is 321 g/mol. The van der Waals surface area contributed by atoms with Crippen molar-refractivity contribution in [1.82, 2.24) is 0 Å². The molecule has 120 valence electrons. The highest BCUT2D eigenvalue weighted by atomic mass is 16.5. The van der Waals surface area contributed by atoms with E-state index >= 15 is 0 Å². The number of aromatic carboxylic acids is 1. The SMILES string of the molecule is COc1ccc(CCc2cc3cc(C#N)ccc3o2)c(C(=O)O)c1. The number of carboxylic acids is 1. The number of aryl methyl sites for hydroxylation is 2. The summed E-state index contributed by atoms with van der Waals surface area (Å²) in [7, 11) is 1.50. The smallest absolute Gasteiger partial charge is 0.336 e. The second kappa shape index (κ2) is 6.47. The van der Waals surface area contributed by atoms with Crippen LogP contribution in [0.3, 0.4) is 0 Å². The summed E-state index contributed by atoms with van der Waals surface area (Å²) in [6.07, 6.45) is 1.11. The third-order valence-corrected chi connectivity index (χ3v) is 3.88. The van der Waals surface area contributed by atoms with Gasteiger partial charge in [-0.1, -0.05) is 6.07 Å². The van der Waals surface area contributed by atoms with E-state index in [1.54, 1.807) is 30.3 Å². The lowest BCUT2D eigenvalue weighted by Crippen LogP contribution is -2.04. The van der Waals surface area contributed by atoms with Crippen molar-refractivity contribution in [3.8, 4) is 11.8 Å². The Morgan fingerprint density at radius 3 is 2.75 bits per heavy atom. The third kappa shape index (κ3) is 3.08. The summed E-state index contributed by atoms with van der Waals surface area (Å²) in [6, 6.07) is 14.3. The Labute approximate surface area is 138 Å². The second-order valence-electron chi connectivity index (χ2n) is 5.41. The molecular weight excluding hydrogens is 306 g/mol. The fraction of sp³-hybridized carbons (Fsp3) is 0.158. The monoisotopic (exact) mass is 321 g/mol. The minimum atomic E-state index is -0.979. The van der Waals surface area contributed by atoms with Crippen molar-refractivity contribution >= 4 is 16.9 Å². The van der Waals surface area contributed by atoms with Gasteiger partial charge in [0.25, 0.3) is 0 Å². The quantitative estimate of drug-likeness (QED) is 0.773. The van der Waals surface area contributed by atoms with Gasteiger partial charge in [0, 0.05) is 11.8 Å². The van der Waals surface area contributed by atoms with Crippen molar-refractivity contribution in [1.29, 1.82) is 5.26 Å². The summed E-state index contributed by atoms with van der Waals surface area (Å²) in [6.45, 7) is 0. The normalized spacial score (nSPS) is 10.5. The lowest BCUT2D eigenvalue weighted by atomic mass is 10.0. The minimum absolute atomic E-state index is 0.234. The van der Waals surface area contributed by atoms with Gasteiger partial charge in [0.05, 0.1) is 24.3 Å². The number of carboxylic acid groups (broad SMARTS) is 1. The predicted molar refractivity (Wildman–Crippen MR) is 88.3 cm³/mol. The van der Waals surface area contributed by atoms with Gasteiger partial charge in [-0.15, -0.1) is 0 Å². The first-order chi connectivity index (χ1) is 11.6. The van der Waals surface area contributed by atoms with Gasteiger partial charge in [0.15, 0.2) is 0 Å². The van der Waals surface area contributed by atoms with Crippen LogP contribution < -0.4 is 4.74 Å². The van der Waals surface area contributed by atoms with Gasteiger partial charge in [0.1, 0.15) is 17.1 Å². The van der Waals surface area contributed by atoms with E-state index in [2.05, 4.69) is 6.07 Å². The van der Waals surface area contributed by atoms with Crippen LogP contribution >= 0.6 is 0 Å². The van der Waals surface area contributed by atoms with Crippen LogP contribution in [0.4, 0.5) is 0 Å². The zero-order valence-electron chi connectivity index (χ0n) is 13.1. The van der Waals surface area contributed by atoms with Crippen molar-refractivity contribution in [2.45, 2.75) is 12.8 Å². The van der Waals surface area contributed by atoms with E-state index in [4.69, 9.17) is 14.4 Å². The van der Waals surface area contributed by atoms with Gasteiger partial charge in [-0.3, -0.25) is 0 Å². The molecule has 5 nitrogen and oxygen atoms in total. The van der Waals surface area contributed by atoms with Crippen LogP contribution in [0.5, 0.6) is 5.75 Å². The van der Waals surface area contributed by atoms with Crippen LogP contribution in [0.2, 0.25) is 0 Å². The Hall–Kier alpha value is -3.26. The number of rotatable bonds is 5. The summed E-state index contributed by atoms with van der Waals surface area (Å²) in [5, 5.41) is 19.2. The molecule has 3 rings (SSSR count). The summed E-state index contributed by atoms with van der Waals surface area (Å²) >= 11 is 0. The van der Waals surface area contributed by atoms with E-state index in [0.29, 0.717) is 24.2 Å². The molecule has 0 aliphatic carbocycles. The highest BCUT2D eigenvalue weighted by Gasteiger charge is 2.13. The van der Waals surface area contributed by atoms with Gasteiger partial charge in [-0.05, 0) is 48.4 Å². The minimum Gasteiger partial charge on any atom is -0.497 e. The number of hydrogen-bond donors (Lipinski definition) is 1. The molecule has 0 atom stereocenters. The maximum atomic E-state index is 11.4. The van der Waals surface area contributed by atoms with Crippen LogP contribution in [0.1, 0.15) is 27.2 Å². The van der Waals surface area contributed by atoms with Gasteiger partial charge < -0.3 is 14.3 Å². The summed E-state index contributed by atoms with van der Waals surface area (Å²) in [5.74, 6) is 0.295. The topological polar surface area (TPSA) is 83.5 Å². The zero-order valence-corrected chi connectivity index (χ0v) is 13.1. The highest BCUT2D eigenvalue weighted by molar-refractivity contribution is 5.90. The fourth-order valence-electron chi connectivity index (χ4n) is 2.65. The van der Waals surface area contributed by atoms with Crippen molar-refractivity contribution in [3.05, 3.63) is 64.9 Å². The number of nitrogens with zero attached hydrogens (tertiary/aromatic N) is 1. The molecule has 0 unspecified atom stereocenters. The van der Waals surface area contributed by atoms with Crippen LogP contribution in [0.25, 0.3) is 11.0 Å². The van der Waals surface area contributed by atoms with Crippen molar-refractivity contribution < 1.29 is 19.1 Å². The number of ether oxygens (including phenoxy) is 1. The van der Waals surface area contributed by atoms with E-state index < -0.39 is 5.97 Å². The number of fused-ring (bicyclic) bond motifs is 1. The molecule has 5 heteroatoms. The number of nitriles is 1.